The van der Waals surface area contributed by atoms with E-state index in [9.17, 15) is 18.4 Å². The van der Waals surface area contributed by atoms with Crippen LogP contribution in [0, 0.1) is 11.6 Å². The zero-order valence-electron chi connectivity index (χ0n) is 13.3. The van der Waals surface area contributed by atoms with Crippen molar-refractivity contribution < 1.29 is 13.6 Å². The fourth-order valence-electron chi connectivity index (χ4n) is 2.68. The molecule has 2 aromatic heterocycles. The highest BCUT2D eigenvalue weighted by Gasteiger charge is 2.19. The third kappa shape index (κ3) is 3.26. The highest BCUT2D eigenvalue weighted by molar-refractivity contribution is 5.97. The predicted octanol–water partition coefficient (Wildman–Crippen LogP) is 3.08. The van der Waals surface area contributed by atoms with Gasteiger partial charge in [-0.05, 0) is 30.2 Å². The van der Waals surface area contributed by atoms with Crippen LogP contribution in [0.15, 0.2) is 47.7 Å². The SMILES string of the molecule is CC[C@H](NC(=O)c1c[nH]c2c(F)cc(F)cc2c1=O)c1ccncc1. The Hall–Kier alpha value is -3.09. The molecule has 0 aliphatic carbocycles. The quantitative estimate of drug-likeness (QED) is 0.764. The molecular weight excluding hydrogens is 328 g/mol. The molecule has 0 aliphatic heterocycles. The summed E-state index contributed by atoms with van der Waals surface area (Å²) in [5.41, 5.74) is -0.219. The second kappa shape index (κ2) is 6.80. The maximum Gasteiger partial charge on any atom is 0.257 e. The average Bonchev–Trinajstić information content (AvgIpc) is 2.61. The Kier molecular flexibility index (Phi) is 4.56. The van der Waals surface area contributed by atoms with E-state index in [-0.39, 0.29) is 22.5 Å². The van der Waals surface area contributed by atoms with Gasteiger partial charge in [0, 0.05) is 24.7 Å². The molecule has 1 aromatic carbocycles. The largest absolute Gasteiger partial charge is 0.358 e. The number of carbonyl (C=O) groups is 1. The van der Waals surface area contributed by atoms with Crippen molar-refractivity contribution >= 4 is 16.8 Å². The summed E-state index contributed by atoms with van der Waals surface area (Å²) < 4.78 is 27.1. The lowest BCUT2D eigenvalue weighted by molar-refractivity contribution is 0.0934. The summed E-state index contributed by atoms with van der Waals surface area (Å²) in [5, 5.41) is 2.55. The molecule has 0 fully saturated rings. The number of aromatic nitrogens is 2. The summed E-state index contributed by atoms with van der Waals surface area (Å²) in [6, 6.07) is 4.81. The monoisotopic (exact) mass is 343 g/mol. The van der Waals surface area contributed by atoms with Crippen molar-refractivity contribution in [3.63, 3.8) is 0 Å². The topological polar surface area (TPSA) is 74.8 Å². The van der Waals surface area contributed by atoms with E-state index in [2.05, 4.69) is 15.3 Å². The number of aromatic amines is 1. The van der Waals surface area contributed by atoms with Gasteiger partial charge in [-0.25, -0.2) is 8.78 Å². The summed E-state index contributed by atoms with van der Waals surface area (Å²) in [4.78, 5) is 31.4. The second-order valence-electron chi connectivity index (χ2n) is 5.56. The molecule has 5 nitrogen and oxygen atoms in total. The number of nitrogens with one attached hydrogen (secondary N) is 2. The number of amides is 1. The molecule has 0 aliphatic rings. The van der Waals surface area contributed by atoms with Gasteiger partial charge in [0.1, 0.15) is 17.2 Å². The summed E-state index contributed by atoms with van der Waals surface area (Å²) in [6.07, 6.45) is 4.96. The molecule has 0 bridgehead atoms. The van der Waals surface area contributed by atoms with Crippen LogP contribution in [-0.2, 0) is 0 Å². The highest BCUT2D eigenvalue weighted by atomic mass is 19.1. The third-order valence-electron chi connectivity index (χ3n) is 3.97. The molecule has 7 heteroatoms. The van der Waals surface area contributed by atoms with Gasteiger partial charge in [-0.1, -0.05) is 6.92 Å². The number of halogens is 2. The molecule has 1 atom stereocenters. The van der Waals surface area contributed by atoms with Gasteiger partial charge in [0.05, 0.1) is 16.9 Å². The summed E-state index contributed by atoms with van der Waals surface area (Å²) in [5.74, 6) is -2.38. The maximum atomic E-state index is 13.7. The summed E-state index contributed by atoms with van der Waals surface area (Å²) in [6.45, 7) is 1.89. The lowest BCUT2D eigenvalue weighted by Crippen LogP contribution is -2.32. The zero-order valence-corrected chi connectivity index (χ0v) is 13.3. The summed E-state index contributed by atoms with van der Waals surface area (Å²) >= 11 is 0. The maximum absolute atomic E-state index is 13.7. The highest BCUT2D eigenvalue weighted by Crippen LogP contribution is 2.17. The molecule has 0 saturated carbocycles. The van der Waals surface area contributed by atoms with E-state index in [0.717, 1.165) is 17.8 Å². The Morgan fingerprint density at radius 2 is 2.00 bits per heavy atom. The van der Waals surface area contributed by atoms with E-state index < -0.39 is 23.0 Å². The number of fused-ring (bicyclic) bond motifs is 1. The number of rotatable bonds is 4. The summed E-state index contributed by atoms with van der Waals surface area (Å²) in [7, 11) is 0. The first-order valence-electron chi connectivity index (χ1n) is 7.72. The van der Waals surface area contributed by atoms with Gasteiger partial charge in [0.25, 0.3) is 5.91 Å². The Balaban J connectivity index is 1.97. The number of benzene rings is 1. The molecule has 0 radical (unpaired) electrons. The fourth-order valence-corrected chi connectivity index (χ4v) is 2.68. The van der Waals surface area contributed by atoms with Gasteiger partial charge in [-0.3, -0.25) is 14.6 Å². The Morgan fingerprint density at radius 1 is 1.28 bits per heavy atom. The minimum Gasteiger partial charge on any atom is -0.358 e. The van der Waals surface area contributed by atoms with Crippen molar-refractivity contribution in [3.05, 3.63) is 75.8 Å². The lowest BCUT2D eigenvalue weighted by Gasteiger charge is -2.17. The zero-order chi connectivity index (χ0) is 18.0. The number of H-pyrrole nitrogens is 1. The Bertz CT molecular complexity index is 987. The molecule has 2 heterocycles. The van der Waals surface area contributed by atoms with Gasteiger partial charge in [-0.15, -0.1) is 0 Å². The number of hydrogen-bond donors (Lipinski definition) is 2. The van der Waals surface area contributed by atoms with Crippen LogP contribution in [0.2, 0.25) is 0 Å². The van der Waals surface area contributed by atoms with E-state index in [4.69, 9.17) is 0 Å². The minimum absolute atomic E-state index is 0.135. The Labute approximate surface area is 141 Å². The number of nitrogens with zero attached hydrogens (tertiary/aromatic N) is 1. The molecule has 128 valence electrons. The molecule has 1 amide bonds. The van der Waals surface area contributed by atoms with Crippen molar-refractivity contribution in [2.24, 2.45) is 0 Å². The minimum atomic E-state index is -0.887. The average molecular weight is 343 g/mol. The van der Waals surface area contributed by atoms with Gasteiger partial charge in [-0.2, -0.15) is 0 Å². The number of hydrogen-bond acceptors (Lipinski definition) is 3. The van der Waals surface area contributed by atoms with Crippen molar-refractivity contribution in [3.8, 4) is 0 Å². The first kappa shape index (κ1) is 16.8. The molecular formula is C18H15F2N3O2. The molecule has 0 spiro atoms. The van der Waals surface area contributed by atoms with Crippen LogP contribution in [0.25, 0.3) is 10.9 Å². The number of carbonyl (C=O) groups excluding carboxylic acids is 1. The lowest BCUT2D eigenvalue weighted by atomic mass is 10.1. The molecule has 0 unspecified atom stereocenters. The molecule has 3 aromatic rings. The van der Waals surface area contributed by atoms with Gasteiger partial charge in [0.2, 0.25) is 5.43 Å². The molecule has 25 heavy (non-hydrogen) atoms. The van der Waals surface area contributed by atoms with Crippen LogP contribution in [-0.4, -0.2) is 15.9 Å². The first-order valence-corrected chi connectivity index (χ1v) is 7.72. The molecule has 0 saturated heterocycles. The van der Waals surface area contributed by atoms with E-state index in [1.54, 1.807) is 24.5 Å². The van der Waals surface area contributed by atoms with Crippen molar-refractivity contribution in [1.29, 1.82) is 0 Å². The van der Waals surface area contributed by atoms with Crippen molar-refractivity contribution in [2.75, 3.05) is 0 Å². The third-order valence-corrected chi connectivity index (χ3v) is 3.97. The van der Waals surface area contributed by atoms with Crippen molar-refractivity contribution in [2.45, 2.75) is 19.4 Å². The van der Waals surface area contributed by atoms with Crippen LogP contribution >= 0.6 is 0 Å². The van der Waals surface area contributed by atoms with E-state index >= 15 is 0 Å². The second-order valence-corrected chi connectivity index (χ2v) is 5.56. The van der Waals surface area contributed by atoms with Crippen molar-refractivity contribution in [1.82, 2.24) is 15.3 Å². The van der Waals surface area contributed by atoms with Crippen LogP contribution in [0.4, 0.5) is 8.78 Å². The molecule has 3 rings (SSSR count). The van der Waals surface area contributed by atoms with Crippen LogP contribution < -0.4 is 10.7 Å². The number of pyridine rings is 2. The predicted molar refractivity (Wildman–Crippen MR) is 89.2 cm³/mol. The van der Waals surface area contributed by atoms with Crippen LogP contribution in [0.5, 0.6) is 0 Å². The van der Waals surface area contributed by atoms with Gasteiger partial charge >= 0.3 is 0 Å². The van der Waals surface area contributed by atoms with E-state index in [0.29, 0.717) is 12.5 Å². The van der Waals surface area contributed by atoms with Gasteiger partial charge < -0.3 is 10.3 Å². The fraction of sp³-hybridized carbons (Fsp3) is 0.167. The molecule has 2 N–H and O–H groups in total. The van der Waals surface area contributed by atoms with Gasteiger partial charge in [0.15, 0.2) is 0 Å². The van der Waals surface area contributed by atoms with Crippen LogP contribution in [0.3, 0.4) is 0 Å². The standard InChI is InChI=1S/C18H15F2N3O2/c1-2-15(10-3-5-21-6-4-10)23-18(25)13-9-22-16-12(17(13)24)7-11(19)8-14(16)20/h3-9,15H,2H2,1H3,(H,22,24)(H,23,25)/t15-/m0/s1. The smallest absolute Gasteiger partial charge is 0.257 e. The first-order chi connectivity index (χ1) is 12.0. The van der Waals surface area contributed by atoms with E-state index in [1.807, 2.05) is 6.92 Å². The van der Waals surface area contributed by atoms with Crippen LogP contribution in [0.1, 0.15) is 35.3 Å². The van der Waals surface area contributed by atoms with E-state index in [1.165, 1.54) is 0 Å². The Morgan fingerprint density at radius 3 is 2.68 bits per heavy atom. The normalized spacial score (nSPS) is 12.1.